The Balaban J connectivity index is 1.62. The molecular weight excluding hydrogens is 320 g/mol. The van der Waals surface area contributed by atoms with Gasteiger partial charge >= 0.3 is 0 Å². The van der Waals surface area contributed by atoms with Crippen molar-refractivity contribution in [2.45, 2.75) is 65.0 Å². The maximum Gasteiger partial charge on any atom is 0.224 e. The zero-order valence-corrected chi connectivity index (χ0v) is 15.5. The van der Waals surface area contributed by atoms with Gasteiger partial charge in [-0.25, -0.2) is 9.97 Å². The normalized spacial score (nSPS) is 21.2. The van der Waals surface area contributed by atoms with E-state index >= 15 is 0 Å². The van der Waals surface area contributed by atoms with Gasteiger partial charge in [-0.15, -0.1) is 11.3 Å². The summed E-state index contributed by atoms with van der Waals surface area (Å²) in [7, 11) is 0. The summed E-state index contributed by atoms with van der Waals surface area (Å²) in [5.74, 6) is 1.08. The second kappa shape index (κ2) is 7.47. The van der Waals surface area contributed by atoms with Crippen molar-refractivity contribution in [3.63, 3.8) is 0 Å². The van der Waals surface area contributed by atoms with Gasteiger partial charge in [-0.2, -0.15) is 0 Å². The SMILES string of the molecule is CCc1cc2c(NCCC(=O)N3C(C)CCCC3C)ncnc2s1. The van der Waals surface area contributed by atoms with Crippen molar-refractivity contribution in [2.75, 3.05) is 11.9 Å². The summed E-state index contributed by atoms with van der Waals surface area (Å²) < 4.78 is 0. The Bertz CT molecular complexity index is 704. The quantitative estimate of drug-likeness (QED) is 0.893. The fourth-order valence-electron chi connectivity index (χ4n) is 3.55. The van der Waals surface area contributed by atoms with Crippen LogP contribution in [0.5, 0.6) is 0 Å². The molecule has 1 saturated heterocycles. The lowest BCUT2D eigenvalue weighted by Crippen LogP contribution is -2.47. The number of fused-ring (bicyclic) bond motifs is 1. The smallest absolute Gasteiger partial charge is 0.224 e. The van der Waals surface area contributed by atoms with Gasteiger partial charge in [0.2, 0.25) is 5.91 Å². The van der Waals surface area contributed by atoms with Gasteiger partial charge in [0.15, 0.2) is 0 Å². The van der Waals surface area contributed by atoms with Gasteiger partial charge in [0.25, 0.3) is 0 Å². The number of aromatic nitrogens is 2. The first-order chi connectivity index (χ1) is 11.6. The van der Waals surface area contributed by atoms with E-state index in [9.17, 15) is 4.79 Å². The van der Waals surface area contributed by atoms with Gasteiger partial charge in [0, 0.05) is 29.9 Å². The van der Waals surface area contributed by atoms with Crippen LogP contribution in [0.2, 0.25) is 0 Å². The number of aryl methyl sites for hydroxylation is 1. The number of piperidine rings is 1. The van der Waals surface area contributed by atoms with Crippen LogP contribution < -0.4 is 5.32 Å². The summed E-state index contributed by atoms with van der Waals surface area (Å²) in [5, 5.41) is 4.39. The predicted octanol–water partition coefficient (Wildman–Crippen LogP) is 3.85. The number of nitrogens with one attached hydrogen (secondary N) is 1. The molecule has 2 aromatic heterocycles. The van der Waals surface area contributed by atoms with E-state index in [1.807, 2.05) is 0 Å². The number of anilines is 1. The standard InChI is InChI=1S/C18H26N4OS/c1-4-14-10-15-17(20-11-21-18(15)24-14)19-9-8-16(23)22-12(2)6-5-7-13(22)3/h10-13H,4-9H2,1-3H3,(H,19,20,21). The van der Waals surface area contributed by atoms with E-state index in [0.717, 1.165) is 35.3 Å². The summed E-state index contributed by atoms with van der Waals surface area (Å²) >= 11 is 1.71. The van der Waals surface area contributed by atoms with Gasteiger partial charge in [-0.05, 0) is 45.6 Å². The summed E-state index contributed by atoms with van der Waals surface area (Å²) in [6, 6.07) is 2.87. The summed E-state index contributed by atoms with van der Waals surface area (Å²) in [5.41, 5.74) is 0. The van der Waals surface area contributed by atoms with Gasteiger partial charge < -0.3 is 10.2 Å². The first kappa shape index (κ1) is 17.1. The number of carbonyl (C=O) groups is 1. The van der Waals surface area contributed by atoms with Crippen LogP contribution in [0.4, 0.5) is 5.82 Å². The molecule has 1 fully saturated rings. The van der Waals surface area contributed by atoms with Crippen LogP contribution in [-0.4, -0.2) is 39.4 Å². The van der Waals surface area contributed by atoms with Crippen LogP contribution in [0.3, 0.4) is 0 Å². The maximum absolute atomic E-state index is 12.6. The third-order valence-corrected chi connectivity index (χ3v) is 6.03. The molecule has 0 aromatic carbocycles. The van der Waals surface area contributed by atoms with Crippen molar-refractivity contribution in [1.29, 1.82) is 0 Å². The molecule has 0 bridgehead atoms. The van der Waals surface area contributed by atoms with Crippen LogP contribution in [-0.2, 0) is 11.2 Å². The number of rotatable bonds is 5. The lowest BCUT2D eigenvalue weighted by atomic mass is 9.97. The fraction of sp³-hybridized carbons (Fsp3) is 0.611. The Morgan fingerprint density at radius 2 is 2.08 bits per heavy atom. The first-order valence-electron chi connectivity index (χ1n) is 8.88. The number of thiophene rings is 1. The van der Waals surface area contributed by atoms with Gasteiger partial charge in [0.1, 0.15) is 17.0 Å². The molecule has 1 N–H and O–H groups in total. The molecule has 130 valence electrons. The molecule has 0 saturated carbocycles. The average molecular weight is 346 g/mol. The van der Waals surface area contributed by atoms with Crippen LogP contribution in [0, 0.1) is 0 Å². The van der Waals surface area contributed by atoms with Crippen molar-refractivity contribution in [3.8, 4) is 0 Å². The second-order valence-corrected chi connectivity index (χ2v) is 7.73. The zero-order valence-electron chi connectivity index (χ0n) is 14.7. The number of hydrogen-bond donors (Lipinski definition) is 1. The molecule has 3 rings (SSSR count). The van der Waals surface area contributed by atoms with Crippen LogP contribution >= 0.6 is 11.3 Å². The molecule has 2 unspecified atom stereocenters. The minimum Gasteiger partial charge on any atom is -0.369 e. The predicted molar refractivity (Wildman–Crippen MR) is 99.5 cm³/mol. The van der Waals surface area contributed by atoms with Crippen LogP contribution in [0.1, 0.15) is 51.3 Å². The molecule has 6 heteroatoms. The summed E-state index contributed by atoms with van der Waals surface area (Å²) in [6.45, 7) is 7.07. The molecule has 0 radical (unpaired) electrons. The molecule has 2 aromatic rings. The number of likely N-dealkylation sites (tertiary alicyclic amines) is 1. The Morgan fingerprint density at radius 1 is 1.33 bits per heavy atom. The Hall–Kier alpha value is -1.69. The molecule has 1 aliphatic rings. The topological polar surface area (TPSA) is 58.1 Å². The zero-order chi connectivity index (χ0) is 17.1. The third kappa shape index (κ3) is 3.53. The van der Waals surface area contributed by atoms with Crippen LogP contribution in [0.15, 0.2) is 12.4 Å². The van der Waals surface area contributed by atoms with E-state index in [4.69, 9.17) is 0 Å². The van der Waals surface area contributed by atoms with Crippen molar-refractivity contribution in [3.05, 3.63) is 17.3 Å². The lowest BCUT2D eigenvalue weighted by molar-refractivity contribution is -0.136. The minimum atomic E-state index is 0.243. The second-order valence-electron chi connectivity index (χ2n) is 6.61. The molecule has 0 aliphatic carbocycles. The molecule has 2 atom stereocenters. The Morgan fingerprint density at radius 3 is 2.79 bits per heavy atom. The largest absolute Gasteiger partial charge is 0.369 e. The van der Waals surface area contributed by atoms with Crippen molar-refractivity contribution in [1.82, 2.24) is 14.9 Å². The van der Waals surface area contributed by atoms with Crippen molar-refractivity contribution in [2.24, 2.45) is 0 Å². The van der Waals surface area contributed by atoms with Crippen LogP contribution in [0.25, 0.3) is 10.2 Å². The van der Waals surface area contributed by atoms with E-state index in [2.05, 4.69) is 47.0 Å². The molecule has 24 heavy (non-hydrogen) atoms. The fourth-order valence-corrected chi connectivity index (χ4v) is 4.49. The van der Waals surface area contributed by atoms with E-state index in [1.54, 1.807) is 17.7 Å². The molecule has 5 nitrogen and oxygen atoms in total. The van der Waals surface area contributed by atoms with E-state index < -0.39 is 0 Å². The highest BCUT2D eigenvalue weighted by Gasteiger charge is 2.28. The lowest BCUT2D eigenvalue weighted by Gasteiger charge is -2.39. The highest BCUT2D eigenvalue weighted by Crippen LogP contribution is 2.28. The number of carbonyl (C=O) groups excluding carboxylic acids is 1. The van der Waals surface area contributed by atoms with E-state index in [0.29, 0.717) is 25.0 Å². The molecule has 1 amide bonds. The molecule has 3 heterocycles. The summed E-state index contributed by atoms with van der Waals surface area (Å²) in [4.78, 5) is 25.7. The highest BCUT2D eigenvalue weighted by molar-refractivity contribution is 7.18. The minimum absolute atomic E-state index is 0.243. The Labute approximate surface area is 147 Å². The third-order valence-electron chi connectivity index (χ3n) is 4.84. The number of hydrogen-bond acceptors (Lipinski definition) is 5. The van der Waals surface area contributed by atoms with E-state index in [-0.39, 0.29) is 5.91 Å². The monoisotopic (exact) mass is 346 g/mol. The van der Waals surface area contributed by atoms with Gasteiger partial charge in [-0.3, -0.25) is 4.79 Å². The van der Waals surface area contributed by atoms with Crippen molar-refractivity contribution >= 4 is 33.3 Å². The van der Waals surface area contributed by atoms with Crippen molar-refractivity contribution < 1.29 is 4.79 Å². The van der Waals surface area contributed by atoms with E-state index in [1.165, 1.54) is 11.3 Å². The summed E-state index contributed by atoms with van der Waals surface area (Å²) in [6.07, 6.45) is 6.56. The van der Waals surface area contributed by atoms with Gasteiger partial charge in [0.05, 0.1) is 5.39 Å². The highest BCUT2D eigenvalue weighted by atomic mass is 32.1. The maximum atomic E-state index is 12.6. The number of nitrogens with zero attached hydrogens (tertiary/aromatic N) is 3. The van der Waals surface area contributed by atoms with Gasteiger partial charge in [-0.1, -0.05) is 6.92 Å². The molecular formula is C18H26N4OS. The number of amides is 1. The Kier molecular flexibility index (Phi) is 5.33. The average Bonchev–Trinajstić information content (AvgIpc) is 2.99. The molecule has 1 aliphatic heterocycles. The molecule has 0 spiro atoms. The first-order valence-corrected chi connectivity index (χ1v) is 9.70.